The smallest absolute Gasteiger partial charge is 0.137 e. The van der Waals surface area contributed by atoms with Crippen molar-refractivity contribution in [3.8, 4) is 5.75 Å². The highest BCUT2D eigenvalue weighted by Crippen LogP contribution is 2.32. The van der Waals surface area contributed by atoms with Crippen molar-refractivity contribution in [1.82, 2.24) is 0 Å². The number of halogens is 3. The quantitative estimate of drug-likeness (QED) is 0.841. The highest BCUT2D eigenvalue weighted by Gasteiger charge is 2.19. The lowest BCUT2D eigenvalue weighted by Gasteiger charge is -2.14. The van der Waals surface area contributed by atoms with Gasteiger partial charge in [-0.2, -0.15) is 0 Å². The minimum atomic E-state index is -1.01. The largest absolute Gasteiger partial charge is 0.497 e. The van der Waals surface area contributed by atoms with E-state index in [1.807, 2.05) is 0 Å². The van der Waals surface area contributed by atoms with Gasteiger partial charge in [0.25, 0.3) is 0 Å². The molecule has 14 heavy (non-hydrogen) atoms. The first-order valence-corrected chi connectivity index (χ1v) is 5.11. The molecule has 0 spiro atoms. The van der Waals surface area contributed by atoms with Crippen LogP contribution in [0.4, 0.5) is 0 Å². The molecule has 5 heteroatoms. The fourth-order valence-corrected chi connectivity index (χ4v) is 1.51. The molecule has 0 amide bonds. The average molecular weight is 256 g/mol. The molecular weight excluding hydrogens is 246 g/mol. The minimum Gasteiger partial charge on any atom is -0.497 e. The second-order valence-electron chi connectivity index (χ2n) is 2.67. The third-order valence-electron chi connectivity index (χ3n) is 1.76. The van der Waals surface area contributed by atoms with Gasteiger partial charge in [-0.1, -0.05) is 11.6 Å². The molecule has 0 saturated carbocycles. The Hall–Kier alpha value is -0.150. The van der Waals surface area contributed by atoms with Crippen LogP contribution in [0.5, 0.6) is 5.75 Å². The number of alkyl halides is 2. The van der Waals surface area contributed by atoms with Crippen molar-refractivity contribution in [1.29, 1.82) is 0 Å². The lowest BCUT2D eigenvalue weighted by Crippen LogP contribution is -2.06. The number of hydrogen-bond acceptors (Lipinski definition) is 2. The molecule has 0 aromatic heterocycles. The predicted molar refractivity (Wildman–Crippen MR) is 58.5 cm³/mol. The molecule has 0 heterocycles. The molecule has 0 aliphatic rings. The molecule has 0 aliphatic heterocycles. The molecule has 78 valence electrons. The van der Waals surface area contributed by atoms with E-state index in [1.165, 1.54) is 7.11 Å². The van der Waals surface area contributed by atoms with Crippen molar-refractivity contribution in [2.45, 2.75) is 10.9 Å². The molecule has 0 radical (unpaired) electrons. The van der Waals surface area contributed by atoms with Gasteiger partial charge in [-0.15, -0.1) is 23.2 Å². The molecule has 1 unspecified atom stereocenters. The standard InChI is InChI=1S/C9H9Cl3O2/c1-14-5-2-3-7(10)6(4-5)8(13)9(11)12/h2-4,8-9,13H,1H3. The van der Waals surface area contributed by atoms with E-state index in [2.05, 4.69) is 0 Å². The third kappa shape index (κ3) is 2.67. The molecule has 0 fully saturated rings. The second-order valence-corrected chi connectivity index (χ2v) is 4.24. The van der Waals surface area contributed by atoms with E-state index in [4.69, 9.17) is 39.5 Å². The Morgan fingerprint density at radius 1 is 1.36 bits per heavy atom. The maximum Gasteiger partial charge on any atom is 0.137 e. The van der Waals surface area contributed by atoms with Gasteiger partial charge < -0.3 is 9.84 Å². The number of aliphatic hydroxyl groups is 1. The molecule has 0 saturated heterocycles. The Balaban J connectivity index is 3.05. The summed E-state index contributed by atoms with van der Waals surface area (Å²) in [6, 6.07) is 4.91. The SMILES string of the molecule is COc1ccc(Cl)c(C(O)C(Cl)Cl)c1. The Kier molecular flexibility index (Phi) is 4.32. The number of ether oxygens (including phenoxy) is 1. The molecule has 1 aromatic carbocycles. The first-order valence-electron chi connectivity index (χ1n) is 3.86. The monoisotopic (exact) mass is 254 g/mol. The van der Waals surface area contributed by atoms with E-state index in [0.717, 1.165) is 0 Å². The van der Waals surface area contributed by atoms with Crippen LogP contribution in [0.1, 0.15) is 11.7 Å². The fraction of sp³-hybridized carbons (Fsp3) is 0.333. The lowest BCUT2D eigenvalue weighted by atomic mass is 10.1. The van der Waals surface area contributed by atoms with Crippen molar-refractivity contribution >= 4 is 34.8 Å². The predicted octanol–water partition coefficient (Wildman–Crippen LogP) is 3.19. The van der Waals surface area contributed by atoms with Gasteiger partial charge >= 0.3 is 0 Å². The van der Waals surface area contributed by atoms with E-state index in [1.54, 1.807) is 18.2 Å². The Morgan fingerprint density at radius 2 is 2.00 bits per heavy atom. The maximum atomic E-state index is 9.59. The third-order valence-corrected chi connectivity index (χ3v) is 2.58. The highest BCUT2D eigenvalue weighted by molar-refractivity contribution is 6.44. The van der Waals surface area contributed by atoms with Crippen LogP contribution >= 0.6 is 34.8 Å². The summed E-state index contributed by atoms with van der Waals surface area (Å²) in [7, 11) is 1.53. The summed E-state index contributed by atoms with van der Waals surface area (Å²) in [6.45, 7) is 0. The first kappa shape index (κ1) is 11.9. The second kappa shape index (κ2) is 5.08. The number of methoxy groups -OCH3 is 1. The van der Waals surface area contributed by atoms with Crippen LogP contribution < -0.4 is 4.74 Å². The molecule has 1 N–H and O–H groups in total. The summed E-state index contributed by atoms with van der Waals surface area (Å²) in [4.78, 5) is -0.917. The Morgan fingerprint density at radius 3 is 2.50 bits per heavy atom. The molecule has 1 rings (SSSR count). The van der Waals surface area contributed by atoms with Crippen molar-refractivity contribution in [3.05, 3.63) is 28.8 Å². The molecule has 1 aromatic rings. The van der Waals surface area contributed by atoms with Crippen molar-refractivity contribution in [2.24, 2.45) is 0 Å². The van der Waals surface area contributed by atoms with Crippen LogP contribution in [0.25, 0.3) is 0 Å². The van der Waals surface area contributed by atoms with Crippen molar-refractivity contribution in [3.63, 3.8) is 0 Å². The molecule has 2 nitrogen and oxygen atoms in total. The number of rotatable bonds is 3. The van der Waals surface area contributed by atoms with Crippen LogP contribution in [0.2, 0.25) is 5.02 Å². The zero-order valence-corrected chi connectivity index (χ0v) is 9.64. The number of hydrogen-bond donors (Lipinski definition) is 1. The van der Waals surface area contributed by atoms with E-state index in [0.29, 0.717) is 16.3 Å². The van der Waals surface area contributed by atoms with Crippen LogP contribution in [0, 0.1) is 0 Å². The summed E-state index contributed by atoms with van der Waals surface area (Å²) in [5.41, 5.74) is 0.459. The summed E-state index contributed by atoms with van der Waals surface area (Å²) in [5, 5.41) is 10.0. The van der Waals surface area contributed by atoms with E-state index >= 15 is 0 Å². The average Bonchev–Trinajstić information content (AvgIpc) is 2.17. The fourth-order valence-electron chi connectivity index (χ4n) is 1.01. The zero-order valence-electron chi connectivity index (χ0n) is 7.38. The van der Waals surface area contributed by atoms with Gasteiger partial charge in [0.2, 0.25) is 0 Å². The van der Waals surface area contributed by atoms with E-state index < -0.39 is 10.9 Å². The van der Waals surface area contributed by atoms with Crippen molar-refractivity contribution in [2.75, 3.05) is 7.11 Å². The van der Waals surface area contributed by atoms with E-state index in [-0.39, 0.29) is 0 Å². The van der Waals surface area contributed by atoms with Gasteiger partial charge in [-0.3, -0.25) is 0 Å². The summed E-state index contributed by atoms with van der Waals surface area (Å²) >= 11 is 17.0. The van der Waals surface area contributed by atoms with Gasteiger partial charge in [-0.05, 0) is 18.2 Å². The summed E-state index contributed by atoms with van der Waals surface area (Å²) < 4.78 is 4.98. The number of benzene rings is 1. The Bertz CT molecular complexity index is 315. The highest BCUT2D eigenvalue weighted by atomic mass is 35.5. The molecule has 1 atom stereocenters. The van der Waals surface area contributed by atoms with Crippen LogP contribution in [0.3, 0.4) is 0 Å². The zero-order chi connectivity index (χ0) is 10.7. The maximum absolute atomic E-state index is 9.59. The van der Waals surface area contributed by atoms with Gasteiger partial charge in [-0.25, -0.2) is 0 Å². The van der Waals surface area contributed by atoms with E-state index in [9.17, 15) is 5.11 Å². The summed E-state index contributed by atoms with van der Waals surface area (Å²) in [5.74, 6) is 0.595. The van der Waals surface area contributed by atoms with Gasteiger partial charge in [0.05, 0.1) is 7.11 Å². The van der Waals surface area contributed by atoms with Crippen LogP contribution in [-0.4, -0.2) is 17.1 Å². The lowest BCUT2D eigenvalue weighted by molar-refractivity contribution is 0.192. The Labute approximate surface area is 97.3 Å². The summed E-state index contributed by atoms with van der Waals surface area (Å²) in [6.07, 6.45) is -1.01. The molecular formula is C9H9Cl3O2. The van der Waals surface area contributed by atoms with Crippen LogP contribution in [-0.2, 0) is 0 Å². The van der Waals surface area contributed by atoms with Gasteiger partial charge in [0, 0.05) is 10.6 Å². The van der Waals surface area contributed by atoms with Crippen molar-refractivity contribution < 1.29 is 9.84 Å². The van der Waals surface area contributed by atoms with Crippen LogP contribution in [0.15, 0.2) is 18.2 Å². The minimum absolute atomic E-state index is 0.407. The first-order chi connectivity index (χ1) is 6.56. The van der Waals surface area contributed by atoms with Gasteiger partial charge in [0.15, 0.2) is 0 Å². The number of aliphatic hydroxyl groups excluding tert-OH is 1. The molecule has 0 aliphatic carbocycles. The topological polar surface area (TPSA) is 29.5 Å². The van der Waals surface area contributed by atoms with Gasteiger partial charge in [0.1, 0.15) is 16.7 Å². The normalized spacial score (nSPS) is 13.0. The molecule has 0 bridgehead atoms.